The minimum Gasteiger partial charge on any atom is -0.497 e. The third-order valence-electron chi connectivity index (χ3n) is 5.26. The van der Waals surface area contributed by atoms with E-state index in [-0.39, 0.29) is 17.7 Å². The number of carbonyl (C=O) groups excluding carboxylic acids is 1. The number of aromatic carboxylic acids is 1. The Bertz CT molecular complexity index is 1350. The van der Waals surface area contributed by atoms with Crippen molar-refractivity contribution in [2.24, 2.45) is 0 Å². The van der Waals surface area contributed by atoms with Gasteiger partial charge < -0.3 is 15.2 Å². The summed E-state index contributed by atoms with van der Waals surface area (Å²) in [5.41, 5.74) is 2.27. The largest absolute Gasteiger partial charge is 0.497 e. The number of aromatic nitrogens is 3. The number of carboxylic acid groups (broad SMARTS) is 1. The van der Waals surface area contributed by atoms with Crippen LogP contribution in [0.3, 0.4) is 0 Å². The number of amides is 1. The van der Waals surface area contributed by atoms with E-state index >= 15 is 0 Å². The van der Waals surface area contributed by atoms with Crippen LogP contribution >= 0.6 is 0 Å². The van der Waals surface area contributed by atoms with Crippen LogP contribution in [0.5, 0.6) is 5.75 Å². The standard InChI is InChI=1S/C24H21FN4O4/c1-14-20(7-8-26-23(14)24(31)32)27-22(30)11-16-10-21-17(9-19(16)25)13-29(28-21)12-15-3-5-18(33-2)6-4-15/h3-10,13H,11-12H2,1-2H3,(H,31,32)(H,26,27,30). The minimum absolute atomic E-state index is 0.150. The number of carbonyl (C=O) groups is 2. The maximum Gasteiger partial charge on any atom is 0.354 e. The summed E-state index contributed by atoms with van der Waals surface area (Å²) in [5, 5.41) is 16.9. The van der Waals surface area contributed by atoms with E-state index in [1.807, 2.05) is 24.3 Å². The summed E-state index contributed by atoms with van der Waals surface area (Å²) >= 11 is 0. The van der Waals surface area contributed by atoms with Gasteiger partial charge in [-0.3, -0.25) is 9.48 Å². The number of anilines is 1. The molecule has 1 amide bonds. The van der Waals surface area contributed by atoms with Crippen molar-refractivity contribution in [1.82, 2.24) is 14.8 Å². The van der Waals surface area contributed by atoms with Gasteiger partial charge in [-0.2, -0.15) is 5.10 Å². The predicted octanol–water partition coefficient (Wildman–Crippen LogP) is 3.82. The molecule has 0 bridgehead atoms. The molecular formula is C24H21FN4O4. The Morgan fingerprint density at radius 1 is 1.18 bits per heavy atom. The first-order valence-electron chi connectivity index (χ1n) is 10.1. The fourth-order valence-corrected chi connectivity index (χ4v) is 3.53. The molecule has 0 radical (unpaired) electrons. The molecule has 2 aromatic heterocycles. The van der Waals surface area contributed by atoms with Gasteiger partial charge in [-0.25, -0.2) is 14.2 Å². The molecule has 2 N–H and O–H groups in total. The van der Waals surface area contributed by atoms with Crippen molar-refractivity contribution in [3.63, 3.8) is 0 Å². The normalized spacial score (nSPS) is 10.9. The highest BCUT2D eigenvalue weighted by Gasteiger charge is 2.16. The van der Waals surface area contributed by atoms with E-state index in [4.69, 9.17) is 4.74 Å². The predicted molar refractivity (Wildman–Crippen MR) is 120 cm³/mol. The summed E-state index contributed by atoms with van der Waals surface area (Å²) in [4.78, 5) is 27.5. The van der Waals surface area contributed by atoms with Crippen molar-refractivity contribution in [2.45, 2.75) is 19.9 Å². The van der Waals surface area contributed by atoms with Crippen molar-refractivity contribution in [3.05, 3.63) is 83.1 Å². The van der Waals surface area contributed by atoms with Gasteiger partial charge in [0, 0.05) is 29.0 Å². The van der Waals surface area contributed by atoms with E-state index < -0.39 is 17.7 Å². The average Bonchev–Trinajstić information content (AvgIpc) is 3.16. The maximum absolute atomic E-state index is 14.7. The summed E-state index contributed by atoms with van der Waals surface area (Å²) < 4.78 is 21.5. The van der Waals surface area contributed by atoms with E-state index in [0.29, 0.717) is 28.7 Å². The molecule has 0 unspecified atom stereocenters. The Balaban J connectivity index is 1.51. The Kier molecular flexibility index (Phi) is 6.03. The highest BCUT2D eigenvalue weighted by atomic mass is 19.1. The fourth-order valence-electron chi connectivity index (χ4n) is 3.53. The van der Waals surface area contributed by atoms with Crippen LogP contribution < -0.4 is 10.1 Å². The van der Waals surface area contributed by atoms with Crippen molar-refractivity contribution in [2.75, 3.05) is 12.4 Å². The lowest BCUT2D eigenvalue weighted by molar-refractivity contribution is -0.115. The van der Waals surface area contributed by atoms with Gasteiger partial charge in [0.2, 0.25) is 5.91 Å². The third-order valence-corrected chi connectivity index (χ3v) is 5.26. The number of hydrogen-bond acceptors (Lipinski definition) is 5. The number of rotatable bonds is 7. The molecule has 0 aliphatic rings. The van der Waals surface area contributed by atoms with Crippen molar-refractivity contribution in [3.8, 4) is 5.75 Å². The third kappa shape index (κ3) is 4.82. The first-order chi connectivity index (χ1) is 15.8. The quantitative estimate of drug-likeness (QED) is 0.445. The van der Waals surface area contributed by atoms with Crippen LogP contribution in [-0.2, 0) is 17.8 Å². The van der Waals surface area contributed by atoms with E-state index in [1.165, 1.54) is 18.3 Å². The number of fused-ring (bicyclic) bond motifs is 1. The zero-order valence-electron chi connectivity index (χ0n) is 18.0. The molecule has 0 fully saturated rings. The number of nitrogens with zero attached hydrogens (tertiary/aromatic N) is 3. The number of nitrogens with one attached hydrogen (secondary N) is 1. The van der Waals surface area contributed by atoms with Crippen LogP contribution in [0.1, 0.15) is 27.2 Å². The van der Waals surface area contributed by atoms with Gasteiger partial charge in [0.15, 0.2) is 5.69 Å². The fraction of sp³-hybridized carbons (Fsp3) is 0.167. The highest BCUT2D eigenvalue weighted by molar-refractivity contribution is 5.96. The molecule has 0 saturated carbocycles. The monoisotopic (exact) mass is 448 g/mol. The second kappa shape index (κ2) is 9.07. The van der Waals surface area contributed by atoms with Crippen LogP contribution in [0.2, 0.25) is 0 Å². The molecule has 4 rings (SSSR count). The Hall–Kier alpha value is -4.27. The lowest BCUT2D eigenvalue weighted by Crippen LogP contribution is -2.17. The van der Waals surface area contributed by atoms with Crippen molar-refractivity contribution >= 4 is 28.5 Å². The Labute approximate surface area is 188 Å². The number of halogens is 1. The number of ether oxygens (including phenoxy) is 1. The summed E-state index contributed by atoms with van der Waals surface area (Å²) in [5.74, 6) is -1.42. The van der Waals surface area contributed by atoms with E-state index in [2.05, 4.69) is 15.4 Å². The molecule has 0 aliphatic carbocycles. The van der Waals surface area contributed by atoms with Crippen LogP contribution in [0, 0.1) is 12.7 Å². The van der Waals surface area contributed by atoms with Crippen molar-refractivity contribution < 1.29 is 23.8 Å². The second-order valence-corrected chi connectivity index (χ2v) is 7.54. The first kappa shape index (κ1) is 21.9. The molecule has 0 aliphatic heterocycles. The molecule has 8 nitrogen and oxygen atoms in total. The van der Waals surface area contributed by atoms with Crippen LogP contribution in [0.25, 0.3) is 10.9 Å². The molecular weight excluding hydrogens is 427 g/mol. The Morgan fingerprint density at radius 3 is 2.64 bits per heavy atom. The number of methoxy groups -OCH3 is 1. The van der Waals surface area contributed by atoms with Gasteiger partial charge in [-0.05, 0) is 48.4 Å². The molecule has 0 spiro atoms. The maximum atomic E-state index is 14.7. The van der Waals surface area contributed by atoms with Crippen LogP contribution in [0.15, 0.2) is 54.9 Å². The highest BCUT2D eigenvalue weighted by Crippen LogP contribution is 2.21. The second-order valence-electron chi connectivity index (χ2n) is 7.54. The zero-order valence-corrected chi connectivity index (χ0v) is 18.0. The van der Waals surface area contributed by atoms with Gasteiger partial charge >= 0.3 is 5.97 Å². The first-order valence-corrected chi connectivity index (χ1v) is 10.1. The number of carboxylic acids is 1. The average molecular weight is 448 g/mol. The lowest BCUT2D eigenvalue weighted by atomic mass is 10.1. The molecule has 0 atom stereocenters. The molecule has 2 heterocycles. The zero-order chi connectivity index (χ0) is 23.5. The number of pyridine rings is 1. The van der Waals surface area contributed by atoms with Crippen LogP contribution in [0.4, 0.5) is 10.1 Å². The van der Waals surface area contributed by atoms with E-state index in [0.717, 1.165) is 11.3 Å². The number of benzene rings is 2. The SMILES string of the molecule is COc1ccc(Cn2cc3cc(F)c(CC(=O)Nc4ccnc(C(=O)O)c4C)cc3n2)cc1. The summed E-state index contributed by atoms with van der Waals surface area (Å²) in [7, 11) is 1.60. The summed E-state index contributed by atoms with van der Waals surface area (Å²) in [6.07, 6.45) is 2.83. The summed E-state index contributed by atoms with van der Waals surface area (Å²) in [6, 6.07) is 12.0. The van der Waals surface area contributed by atoms with Gasteiger partial charge in [-0.1, -0.05) is 12.1 Å². The van der Waals surface area contributed by atoms with E-state index in [1.54, 1.807) is 31.0 Å². The topological polar surface area (TPSA) is 106 Å². The lowest BCUT2D eigenvalue weighted by Gasteiger charge is -2.10. The smallest absolute Gasteiger partial charge is 0.354 e. The van der Waals surface area contributed by atoms with Gasteiger partial charge in [0.1, 0.15) is 11.6 Å². The molecule has 168 valence electrons. The molecule has 4 aromatic rings. The van der Waals surface area contributed by atoms with E-state index in [9.17, 15) is 19.1 Å². The van der Waals surface area contributed by atoms with Gasteiger partial charge in [-0.15, -0.1) is 0 Å². The number of hydrogen-bond donors (Lipinski definition) is 2. The molecule has 2 aromatic carbocycles. The summed E-state index contributed by atoms with van der Waals surface area (Å²) in [6.45, 7) is 2.05. The van der Waals surface area contributed by atoms with Gasteiger partial charge in [0.25, 0.3) is 0 Å². The van der Waals surface area contributed by atoms with Crippen molar-refractivity contribution in [1.29, 1.82) is 0 Å². The molecule has 33 heavy (non-hydrogen) atoms. The van der Waals surface area contributed by atoms with Gasteiger partial charge in [0.05, 0.1) is 25.6 Å². The van der Waals surface area contributed by atoms with Crippen LogP contribution in [-0.4, -0.2) is 38.9 Å². The molecule has 0 saturated heterocycles. The molecule has 9 heteroatoms. The minimum atomic E-state index is -1.19. The Morgan fingerprint density at radius 2 is 1.94 bits per heavy atom.